The smallest absolute Gasteiger partial charge is 0.253 e. The summed E-state index contributed by atoms with van der Waals surface area (Å²) in [5.74, 6) is -0.0144. The number of para-hydroxylation sites is 2. The molecule has 0 spiro atoms. The molecule has 9 heteroatoms. The lowest BCUT2D eigenvalue weighted by molar-refractivity contribution is -0.113. The number of hydrogen-bond donors (Lipinski definition) is 2. The summed E-state index contributed by atoms with van der Waals surface area (Å²) in [7, 11) is 0. The molecule has 29 heavy (non-hydrogen) atoms. The Bertz CT molecular complexity index is 974. The Morgan fingerprint density at radius 1 is 1.07 bits per heavy atom. The second-order valence-corrected chi connectivity index (χ2v) is 7.64. The molecule has 2 N–H and O–H groups in total. The van der Waals surface area contributed by atoms with Crippen molar-refractivity contribution in [1.82, 2.24) is 25.5 Å². The summed E-state index contributed by atoms with van der Waals surface area (Å²) in [6.45, 7) is 4.61. The maximum absolute atomic E-state index is 12.5. The zero-order valence-electron chi connectivity index (χ0n) is 16.2. The summed E-state index contributed by atoms with van der Waals surface area (Å²) < 4.78 is 1.57. The molecule has 0 aliphatic rings. The lowest BCUT2D eigenvalue weighted by Gasteiger charge is -2.12. The maximum atomic E-state index is 12.5. The number of carbonyl (C=O) groups excluding carboxylic acids is 2. The van der Waals surface area contributed by atoms with Crippen molar-refractivity contribution in [2.45, 2.75) is 19.0 Å². The highest BCUT2D eigenvalue weighted by Crippen LogP contribution is 2.20. The average molecular weight is 411 g/mol. The van der Waals surface area contributed by atoms with Crippen LogP contribution in [0, 0.1) is 5.92 Å². The second-order valence-electron chi connectivity index (χ2n) is 6.70. The number of nitrogens with zero attached hydrogens (tertiary/aromatic N) is 4. The molecule has 0 radical (unpaired) electrons. The third-order valence-electron chi connectivity index (χ3n) is 3.89. The fraction of sp³-hybridized carbons (Fsp3) is 0.250. The molecule has 0 unspecified atom stereocenters. The Morgan fingerprint density at radius 3 is 2.55 bits per heavy atom. The van der Waals surface area contributed by atoms with Crippen molar-refractivity contribution < 1.29 is 9.59 Å². The monoisotopic (exact) mass is 410 g/mol. The first kappa shape index (κ1) is 20.5. The lowest BCUT2D eigenvalue weighted by Crippen LogP contribution is -2.28. The minimum atomic E-state index is -0.248. The largest absolute Gasteiger partial charge is 0.352 e. The number of anilines is 1. The van der Waals surface area contributed by atoms with Gasteiger partial charge in [-0.05, 0) is 40.6 Å². The van der Waals surface area contributed by atoms with Gasteiger partial charge in [-0.3, -0.25) is 9.59 Å². The van der Waals surface area contributed by atoms with Crippen LogP contribution < -0.4 is 10.6 Å². The van der Waals surface area contributed by atoms with Crippen LogP contribution >= 0.6 is 11.8 Å². The van der Waals surface area contributed by atoms with Crippen LogP contribution in [0.25, 0.3) is 5.69 Å². The van der Waals surface area contributed by atoms with Crippen LogP contribution in [0.1, 0.15) is 24.2 Å². The quantitative estimate of drug-likeness (QED) is 0.554. The predicted octanol–water partition coefficient (Wildman–Crippen LogP) is 2.78. The first-order valence-electron chi connectivity index (χ1n) is 9.18. The summed E-state index contributed by atoms with van der Waals surface area (Å²) in [4.78, 5) is 24.9. The molecule has 2 amide bonds. The van der Waals surface area contributed by atoms with Crippen molar-refractivity contribution in [2.24, 2.45) is 5.92 Å². The van der Waals surface area contributed by atoms with Crippen molar-refractivity contribution in [2.75, 3.05) is 17.6 Å². The van der Waals surface area contributed by atoms with E-state index < -0.39 is 0 Å². The minimum absolute atomic E-state index is 0.106. The summed E-state index contributed by atoms with van der Waals surface area (Å²) in [6.07, 6.45) is 0. The van der Waals surface area contributed by atoms with Crippen LogP contribution in [-0.4, -0.2) is 44.3 Å². The van der Waals surface area contributed by atoms with E-state index >= 15 is 0 Å². The van der Waals surface area contributed by atoms with Gasteiger partial charge in [-0.1, -0.05) is 55.9 Å². The van der Waals surface area contributed by atoms with Gasteiger partial charge in [0.25, 0.3) is 5.91 Å². The standard InChI is InChI=1S/C20H22N6O2S/c1-14(2)12-21-19(28)16-10-6-7-11-17(16)22-18(27)13-29-20-23-24-25-26(20)15-8-4-3-5-9-15/h3-11,14H,12-13H2,1-2H3,(H,21,28)(H,22,27). The van der Waals surface area contributed by atoms with Crippen molar-refractivity contribution in [3.05, 3.63) is 60.2 Å². The number of carbonyl (C=O) groups is 2. The first-order chi connectivity index (χ1) is 14.0. The Kier molecular flexibility index (Phi) is 6.96. The number of hydrogen-bond acceptors (Lipinski definition) is 6. The third kappa shape index (κ3) is 5.64. The molecule has 0 saturated heterocycles. The molecule has 1 heterocycles. The molecule has 8 nitrogen and oxygen atoms in total. The molecule has 150 valence electrons. The molecule has 1 aromatic heterocycles. The van der Waals surface area contributed by atoms with Crippen molar-refractivity contribution >= 4 is 29.3 Å². The average Bonchev–Trinajstić information content (AvgIpc) is 3.20. The van der Waals surface area contributed by atoms with Gasteiger partial charge < -0.3 is 10.6 Å². The number of thioether (sulfide) groups is 1. The van der Waals surface area contributed by atoms with Crippen LogP contribution in [0.5, 0.6) is 0 Å². The molecule has 0 aliphatic heterocycles. The lowest BCUT2D eigenvalue weighted by atomic mass is 10.1. The number of rotatable bonds is 8. The van der Waals surface area contributed by atoms with Gasteiger partial charge in [0, 0.05) is 6.54 Å². The topological polar surface area (TPSA) is 102 Å². The molecule has 0 atom stereocenters. The molecule has 0 fully saturated rings. The predicted molar refractivity (Wildman–Crippen MR) is 112 cm³/mol. The number of tetrazole rings is 1. The highest BCUT2D eigenvalue weighted by atomic mass is 32.2. The normalized spacial score (nSPS) is 10.7. The van der Waals surface area contributed by atoms with Gasteiger partial charge in [-0.25, -0.2) is 0 Å². The van der Waals surface area contributed by atoms with E-state index in [0.29, 0.717) is 28.9 Å². The van der Waals surface area contributed by atoms with E-state index in [9.17, 15) is 9.59 Å². The number of amides is 2. The Morgan fingerprint density at radius 2 is 1.79 bits per heavy atom. The third-order valence-corrected chi connectivity index (χ3v) is 4.81. The minimum Gasteiger partial charge on any atom is -0.352 e. The first-order valence-corrected chi connectivity index (χ1v) is 10.2. The molecule has 3 aromatic rings. The highest BCUT2D eigenvalue weighted by molar-refractivity contribution is 7.99. The molecule has 0 bridgehead atoms. The van der Waals surface area contributed by atoms with E-state index in [0.717, 1.165) is 5.69 Å². The van der Waals surface area contributed by atoms with E-state index in [4.69, 9.17) is 0 Å². The summed E-state index contributed by atoms with van der Waals surface area (Å²) in [6, 6.07) is 16.4. The van der Waals surface area contributed by atoms with E-state index in [1.165, 1.54) is 11.8 Å². The summed E-state index contributed by atoms with van der Waals surface area (Å²) >= 11 is 1.22. The number of nitrogens with one attached hydrogen (secondary N) is 2. The Labute approximate surface area is 173 Å². The van der Waals surface area contributed by atoms with Crippen molar-refractivity contribution in [1.29, 1.82) is 0 Å². The van der Waals surface area contributed by atoms with Crippen LogP contribution in [0.15, 0.2) is 59.8 Å². The van der Waals surface area contributed by atoms with Gasteiger partial charge in [-0.2, -0.15) is 4.68 Å². The molecule has 2 aromatic carbocycles. The fourth-order valence-electron chi connectivity index (χ4n) is 2.50. The molecule has 0 saturated carbocycles. The zero-order chi connectivity index (χ0) is 20.6. The number of aromatic nitrogens is 4. The van der Waals surface area contributed by atoms with E-state index in [1.54, 1.807) is 28.9 Å². The number of benzene rings is 2. The van der Waals surface area contributed by atoms with Crippen LogP contribution in [0.3, 0.4) is 0 Å². The maximum Gasteiger partial charge on any atom is 0.253 e. The highest BCUT2D eigenvalue weighted by Gasteiger charge is 2.15. The van der Waals surface area contributed by atoms with Gasteiger partial charge in [0.15, 0.2) is 0 Å². The summed E-state index contributed by atoms with van der Waals surface area (Å²) in [5.41, 5.74) is 1.72. The fourth-order valence-corrected chi connectivity index (χ4v) is 3.19. The van der Waals surface area contributed by atoms with Gasteiger partial charge in [0.1, 0.15) is 0 Å². The van der Waals surface area contributed by atoms with Crippen LogP contribution in [0.2, 0.25) is 0 Å². The zero-order valence-corrected chi connectivity index (χ0v) is 17.0. The molecular weight excluding hydrogens is 388 g/mol. The Hall–Kier alpha value is -3.20. The Balaban J connectivity index is 1.63. The van der Waals surface area contributed by atoms with Crippen molar-refractivity contribution in [3.63, 3.8) is 0 Å². The van der Waals surface area contributed by atoms with Gasteiger partial charge in [0.2, 0.25) is 11.1 Å². The van der Waals surface area contributed by atoms with Gasteiger partial charge >= 0.3 is 0 Å². The van der Waals surface area contributed by atoms with E-state index in [2.05, 4.69) is 26.2 Å². The van der Waals surface area contributed by atoms with Gasteiger partial charge in [0.05, 0.1) is 22.7 Å². The second kappa shape index (κ2) is 9.83. The van der Waals surface area contributed by atoms with Crippen LogP contribution in [0.4, 0.5) is 5.69 Å². The molecule has 3 rings (SSSR count). The van der Waals surface area contributed by atoms with E-state index in [1.807, 2.05) is 44.2 Å². The van der Waals surface area contributed by atoms with Gasteiger partial charge in [-0.15, -0.1) is 5.10 Å². The van der Waals surface area contributed by atoms with E-state index in [-0.39, 0.29) is 17.6 Å². The van der Waals surface area contributed by atoms with Crippen LogP contribution in [-0.2, 0) is 4.79 Å². The van der Waals surface area contributed by atoms with Crippen molar-refractivity contribution in [3.8, 4) is 5.69 Å². The molecular formula is C20H22N6O2S. The molecule has 0 aliphatic carbocycles. The summed E-state index contributed by atoms with van der Waals surface area (Å²) in [5, 5.41) is 17.8. The SMILES string of the molecule is CC(C)CNC(=O)c1ccccc1NC(=O)CSc1nnnn1-c1ccccc1.